The lowest BCUT2D eigenvalue weighted by Gasteiger charge is -2.29. The molecule has 0 spiro atoms. The first-order chi connectivity index (χ1) is 5.63. The molecular weight excluding hydrogens is 143 g/mol. The smallest absolute Gasteiger partial charge is 0.0857 e. The Balaban J connectivity index is 2.47. The Morgan fingerprint density at radius 2 is 1.50 bits per heavy atom. The van der Waals surface area contributed by atoms with E-state index in [-0.39, 0.29) is 0 Å². The molecule has 0 N–H and O–H groups in total. The van der Waals surface area contributed by atoms with E-state index in [0.717, 1.165) is 6.71 Å². The molecular formula is C11H23B. The van der Waals surface area contributed by atoms with Gasteiger partial charge in [0, 0.05) is 0 Å². The SMILES string of the molecule is CB1CCCCCCCC1(C)C. The molecule has 0 aliphatic carbocycles. The van der Waals surface area contributed by atoms with Gasteiger partial charge >= 0.3 is 0 Å². The summed E-state index contributed by atoms with van der Waals surface area (Å²) in [6.45, 7) is 8.26. The van der Waals surface area contributed by atoms with Crippen molar-refractivity contribution in [3.05, 3.63) is 0 Å². The highest BCUT2D eigenvalue weighted by atomic mass is 14.2. The van der Waals surface area contributed by atoms with Crippen LogP contribution in [0, 0.1) is 0 Å². The van der Waals surface area contributed by atoms with Crippen LogP contribution in [0.4, 0.5) is 0 Å². The normalized spacial score (nSPS) is 25.8. The molecule has 1 rings (SSSR count). The van der Waals surface area contributed by atoms with E-state index in [4.69, 9.17) is 0 Å². The van der Waals surface area contributed by atoms with Gasteiger partial charge in [-0.25, -0.2) is 0 Å². The average molecular weight is 166 g/mol. The van der Waals surface area contributed by atoms with Crippen molar-refractivity contribution in [2.75, 3.05) is 0 Å². The highest BCUT2D eigenvalue weighted by molar-refractivity contribution is 6.60. The molecule has 1 heteroatoms. The average Bonchev–Trinajstić information content (AvgIpc) is 2.06. The van der Waals surface area contributed by atoms with E-state index in [1.165, 1.54) is 44.8 Å². The molecule has 1 saturated heterocycles. The zero-order chi connectivity index (χ0) is 9.03. The van der Waals surface area contributed by atoms with Gasteiger partial charge in [-0.1, -0.05) is 70.8 Å². The van der Waals surface area contributed by atoms with Gasteiger partial charge in [-0.2, -0.15) is 0 Å². The van der Waals surface area contributed by atoms with Gasteiger partial charge in [0.05, 0.1) is 0 Å². The van der Waals surface area contributed by atoms with Crippen LogP contribution in [-0.4, -0.2) is 6.71 Å². The van der Waals surface area contributed by atoms with E-state index in [0.29, 0.717) is 5.31 Å². The summed E-state index contributed by atoms with van der Waals surface area (Å²) in [5.41, 5.74) is 0. The van der Waals surface area contributed by atoms with Gasteiger partial charge in [0.1, 0.15) is 6.71 Å². The quantitative estimate of drug-likeness (QED) is 0.472. The van der Waals surface area contributed by atoms with E-state index in [1.54, 1.807) is 0 Å². The largest absolute Gasteiger partial charge is 0.142 e. The van der Waals surface area contributed by atoms with Crippen LogP contribution in [-0.2, 0) is 0 Å². The number of hydrogen-bond donors (Lipinski definition) is 0. The first-order valence-electron chi connectivity index (χ1n) is 5.63. The molecule has 70 valence electrons. The predicted octanol–water partition coefficient (Wildman–Crippen LogP) is 4.25. The summed E-state index contributed by atoms with van der Waals surface area (Å²) in [4.78, 5) is 0. The van der Waals surface area contributed by atoms with Gasteiger partial charge in [0.25, 0.3) is 0 Å². The highest BCUT2D eigenvalue weighted by Crippen LogP contribution is 2.38. The van der Waals surface area contributed by atoms with E-state index in [1.807, 2.05) is 0 Å². The van der Waals surface area contributed by atoms with Gasteiger partial charge in [0.15, 0.2) is 0 Å². The summed E-state index contributed by atoms with van der Waals surface area (Å²) < 4.78 is 0. The number of rotatable bonds is 0. The van der Waals surface area contributed by atoms with Crippen LogP contribution in [0.2, 0.25) is 18.5 Å². The van der Waals surface area contributed by atoms with Gasteiger partial charge < -0.3 is 0 Å². The molecule has 0 atom stereocenters. The lowest BCUT2D eigenvalue weighted by Crippen LogP contribution is -2.23. The first kappa shape index (κ1) is 10.1. The third kappa shape index (κ3) is 2.84. The zero-order valence-corrected chi connectivity index (χ0v) is 9.03. The van der Waals surface area contributed by atoms with Crippen molar-refractivity contribution in [2.45, 2.75) is 70.8 Å². The third-order valence-electron chi connectivity index (χ3n) is 3.79. The minimum Gasteiger partial charge on any atom is -0.0857 e. The molecule has 1 aliphatic heterocycles. The van der Waals surface area contributed by atoms with Crippen molar-refractivity contribution in [1.82, 2.24) is 0 Å². The van der Waals surface area contributed by atoms with Crippen LogP contribution >= 0.6 is 0 Å². The maximum absolute atomic E-state index is 2.45. The molecule has 0 bridgehead atoms. The molecule has 1 fully saturated rings. The molecule has 0 amide bonds. The van der Waals surface area contributed by atoms with Crippen molar-refractivity contribution in [1.29, 1.82) is 0 Å². The Bertz CT molecular complexity index is 129. The maximum Gasteiger partial charge on any atom is 0.142 e. The standard InChI is InChI=1S/C11H23B/c1-11(2)9-7-5-4-6-8-10-12(11)3/h4-10H2,1-3H3. The third-order valence-corrected chi connectivity index (χ3v) is 3.79. The molecule has 12 heavy (non-hydrogen) atoms. The van der Waals surface area contributed by atoms with Crippen LogP contribution in [0.5, 0.6) is 0 Å². The second-order valence-corrected chi connectivity index (χ2v) is 5.20. The molecule has 1 heterocycles. The summed E-state index contributed by atoms with van der Waals surface area (Å²) in [6, 6.07) is 0. The van der Waals surface area contributed by atoms with Crippen LogP contribution in [0.1, 0.15) is 52.4 Å². The second kappa shape index (κ2) is 4.34. The topological polar surface area (TPSA) is 0 Å². The van der Waals surface area contributed by atoms with Crippen molar-refractivity contribution in [3.63, 3.8) is 0 Å². The van der Waals surface area contributed by atoms with E-state index >= 15 is 0 Å². The fourth-order valence-electron chi connectivity index (χ4n) is 2.20. The van der Waals surface area contributed by atoms with Crippen molar-refractivity contribution < 1.29 is 0 Å². The van der Waals surface area contributed by atoms with Gasteiger partial charge in [-0.3, -0.25) is 0 Å². The summed E-state index contributed by atoms with van der Waals surface area (Å²) in [5.74, 6) is 0. The van der Waals surface area contributed by atoms with Crippen LogP contribution in [0.15, 0.2) is 0 Å². The molecule has 0 radical (unpaired) electrons. The molecule has 0 saturated carbocycles. The lowest BCUT2D eigenvalue weighted by atomic mass is 9.33. The minimum atomic E-state index is 0.602. The molecule has 0 aromatic rings. The van der Waals surface area contributed by atoms with Gasteiger partial charge in [-0.15, -0.1) is 0 Å². The Morgan fingerprint density at radius 1 is 0.917 bits per heavy atom. The Hall–Kier alpha value is 0.0649. The second-order valence-electron chi connectivity index (χ2n) is 5.20. The van der Waals surface area contributed by atoms with Gasteiger partial charge in [-0.05, 0) is 0 Å². The fourth-order valence-corrected chi connectivity index (χ4v) is 2.20. The molecule has 0 nitrogen and oxygen atoms in total. The Morgan fingerprint density at radius 3 is 2.25 bits per heavy atom. The molecule has 1 aliphatic rings. The molecule has 0 unspecified atom stereocenters. The van der Waals surface area contributed by atoms with Crippen molar-refractivity contribution in [3.8, 4) is 0 Å². The van der Waals surface area contributed by atoms with E-state index < -0.39 is 0 Å². The first-order valence-corrected chi connectivity index (χ1v) is 5.63. The summed E-state index contributed by atoms with van der Waals surface area (Å²) in [7, 11) is 0. The zero-order valence-electron chi connectivity index (χ0n) is 9.03. The molecule has 0 aromatic carbocycles. The lowest BCUT2D eigenvalue weighted by molar-refractivity contribution is 0.537. The highest BCUT2D eigenvalue weighted by Gasteiger charge is 2.28. The van der Waals surface area contributed by atoms with Crippen LogP contribution in [0.3, 0.4) is 0 Å². The van der Waals surface area contributed by atoms with E-state index in [9.17, 15) is 0 Å². The summed E-state index contributed by atoms with van der Waals surface area (Å²) in [5, 5.41) is 0.602. The minimum absolute atomic E-state index is 0.602. The summed E-state index contributed by atoms with van der Waals surface area (Å²) >= 11 is 0. The fraction of sp³-hybridized carbons (Fsp3) is 1.00. The van der Waals surface area contributed by atoms with Crippen LogP contribution in [0.25, 0.3) is 0 Å². The molecule has 0 aromatic heterocycles. The Kier molecular flexibility index (Phi) is 3.67. The predicted molar refractivity (Wildman–Crippen MR) is 58.2 cm³/mol. The number of hydrogen-bond acceptors (Lipinski definition) is 0. The van der Waals surface area contributed by atoms with Crippen LogP contribution < -0.4 is 0 Å². The van der Waals surface area contributed by atoms with Crippen molar-refractivity contribution in [2.24, 2.45) is 0 Å². The van der Waals surface area contributed by atoms with Gasteiger partial charge in [0.2, 0.25) is 0 Å². The monoisotopic (exact) mass is 166 g/mol. The maximum atomic E-state index is 2.45. The van der Waals surface area contributed by atoms with Crippen molar-refractivity contribution >= 4 is 6.71 Å². The Labute approximate surface area is 78.2 Å². The van der Waals surface area contributed by atoms with E-state index in [2.05, 4.69) is 20.7 Å². The summed E-state index contributed by atoms with van der Waals surface area (Å²) in [6.07, 6.45) is 10.2.